The van der Waals surface area contributed by atoms with E-state index in [2.05, 4.69) is 32.4 Å². The molecule has 192 valence electrons. The fraction of sp³-hybridized carbons (Fsp3) is 0.296. The quantitative estimate of drug-likeness (QED) is 0.309. The molecule has 1 aliphatic rings. The summed E-state index contributed by atoms with van der Waals surface area (Å²) in [5, 5.41) is 14.3. The number of benzene rings is 3. The summed E-state index contributed by atoms with van der Waals surface area (Å²) in [7, 11) is -2.03. The molecule has 4 aromatic rings. The van der Waals surface area contributed by atoms with Crippen molar-refractivity contribution in [2.24, 2.45) is 0 Å². The van der Waals surface area contributed by atoms with E-state index < -0.39 is 10.0 Å². The van der Waals surface area contributed by atoms with Gasteiger partial charge in [0.15, 0.2) is 0 Å². The average molecular weight is 535 g/mol. The second kappa shape index (κ2) is 10.6. The summed E-state index contributed by atoms with van der Waals surface area (Å²) >= 11 is 1.60. The summed E-state index contributed by atoms with van der Waals surface area (Å²) in [4.78, 5) is 3.47. The molecule has 3 aromatic carbocycles. The lowest BCUT2D eigenvalue weighted by Gasteiger charge is -2.29. The van der Waals surface area contributed by atoms with Crippen molar-refractivity contribution in [3.63, 3.8) is 0 Å². The Morgan fingerprint density at radius 3 is 2.54 bits per heavy atom. The second-order valence-corrected chi connectivity index (χ2v) is 11.9. The molecular weight excluding hydrogens is 504 g/mol. The van der Waals surface area contributed by atoms with Crippen molar-refractivity contribution in [1.82, 2.24) is 24.9 Å². The van der Waals surface area contributed by atoms with Gasteiger partial charge in [-0.1, -0.05) is 56.2 Å². The van der Waals surface area contributed by atoms with Crippen molar-refractivity contribution in [2.45, 2.75) is 42.0 Å². The van der Waals surface area contributed by atoms with E-state index in [0.29, 0.717) is 23.0 Å². The van der Waals surface area contributed by atoms with Crippen molar-refractivity contribution >= 4 is 33.2 Å². The second-order valence-electron chi connectivity index (χ2n) is 9.10. The topological polar surface area (TPSA) is 95.1 Å². The number of sulfonamides is 1. The van der Waals surface area contributed by atoms with Crippen LogP contribution in [-0.4, -0.2) is 59.2 Å². The number of H-pyrrole nitrogens is 1. The van der Waals surface area contributed by atoms with Gasteiger partial charge in [-0.3, -0.25) is 0 Å². The Hall–Kier alpha value is -3.21. The minimum atomic E-state index is -3.74. The van der Waals surface area contributed by atoms with Gasteiger partial charge in [-0.2, -0.15) is 9.52 Å². The van der Waals surface area contributed by atoms with Gasteiger partial charge >= 0.3 is 0 Å². The molecule has 5 rings (SSSR count). The molecular formula is C27H30N6O2S2. The first kappa shape index (κ1) is 25.4. The van der Waals surface area contributed by atoms with Gasteiger partial charge < -0.3 is 4.90 Å². The summed E-state index contributed by atoms with van der Waals surface area (Å²) in [5.41, 5.74) is 4.24. The van der Waals surface area contributed by atoms with Crippen molar-refractivity contribution in [1.29, 1.82) is 0 Å². The molecule has 1 atom stereocenters. The highest BCUT2D eigenvalue weighted by molar-refractivity contribution is 7.98. The minimum absolute atomic E-state index is 0.139. The Balaban J connectivity index is 1.71. The van der Waals surface area contributed by atoms with Crippen LogP contribution in [0.1, 0.15) is 26.2 Å². The van der Waals surface area contributed by atoms with Crippen molar-refractivity contribution < 1.29 is 8.42 Å². The number of nitrogens with zero attached hydrogens (tertiary/aromatic N) is 5. The van der Waals surface area contributed by atoms with Crippen LogP contribution < -0.4 is 4.90 Å². The third-order valence-corrected chi connectivity index (χ3v) is 9.59. The molecule has 1 aromatic heterocycles. The molecule has 0 amide bonds. The highest BCUT2D eigenvalue weighted by Crippen LogP contribution is 2.44. The molecule has 0 spiro atoms. The van der Waals surface area contributed by atoms with Gasteiger partial charge in [0.05, 0.1) is 5.69 Å². The monoisotopic (exact) mass is 534 g/mol. The van der Waals surface area contributed by atoms with E-state index in [1.807, 2.05) is 73.0 Å². The number of fused-ring (bicyclic) bond motifs is 1. The molecule has 0 fully saturated rings. The lowest BCUT2D eigenvalue weighted by Crippen LogP contribution is -2.40. The molecule has 0 saturated carbocycles. The summed E-state index contributed by atoms with van der Waals surface area (Å²) < 4.78 is 29.7. The summed E-state index contributed by atoms with van der Waals surface area (Å²) in [6.45, 7) is 2.72. The summed E-state index contributed by atoms with van der Waals surface area (Å²) in [6.07, 6.45) is 4.80. The van der Waals surface area contributed by atoms with Crippen LogP contribution in [0.15, 0.2) is 76.5 Å². The Kier molecular flexibility index (Phi) is 7.32. The number of unbranched alkanes of at least 4 members (excludes halogenated alkanes) is 1. The third-order valence-electron chi connectivity index (χ3n) is 6.87. The van der Waals surface area contributed by atoms with E-state index in [-0.39, 0.29) is 6.04 Å². The molecule has 0 aliphatic carbocycles. The van der Waals surface area contributed by atoms with E-state index in [0.717, 1.165) is 46.5 Å². The predicted molar refractivity (Wildman–Crippen MR) is 149 cm³/mol. The maximum atomic E-state index is 14.1. The van der Waals surface area contributed by atoms with Crippen LogP contribution in [0.3, 0.4) is 0 Å². The molecule has 37 heavy (non-hydrogen) atoms. The third kappa shape index (κ3) is 4.88. The molecule has 0 bridgehead atoms. The van der Waals surface area contributed by atoms with Gasteiger partial charge in [0.1, 0.15) is 4.90 Å². The van der Waals surface area contributed by atoms with Crippen LogP contribution in [0.5, 0.6) is 0 Å². The number of likely N-dealkylation sites (N-methyl/N-ethyl adjacent to an activating group) is 1. The zero-order chi connectivity index (χ0) is 26.0. The maximum Gasteiger partial charge on any atom is 0.245 e. The number of thioether (sulfide) groups is 1. The fourth-order valence-electron chi connectivity index (χ4n) is 4.81. The fourth-order valence-corrected chi connectivity index (χ4v) is 7.01. The van der Waals surface area contributed by atoms with Crippen LogP contribution in [0.2, 0.25) is 0 Å². The number of para-hydroxylation sites is 1. The van der Waals surface area contributed by atoms with Crippen LogP contribution in [0, 0.1) is 0 Å². The number of nitrogens with one attached hydrogen (secondary N) is 1. The zero-order valence-corrected chi connectivity index (χ0v) is 22.8. The number of anilines is 2. The van der Waals surface area contributed by atoms with Crippen LogP contribution in [0.4, 0.5) is 11.4 Å². The molecule has 0 radical (unpaired) electrons. The maximum absolute atomic E-state index is 14.1. The normalized spacial score (nSPS) is 17.4. The lowest BCUT2D eigenvalue weighted by molar-refractivity contribution is 0.351. The van der Waals surface area contributed by atoms with Gasteiger partial charge in [0.2, 0.25) is 15.8 Å². The molecule has 1 N–H and O–H groups in total. The van der Waals surface area contributed by atoms with E-state index in [1.54, 1.807) is 23.1 Å². The van der Waals surface area contributed by atoms with Crippen LogP contribution in [0.25, 0.3) is 22.5 Å². The highest BCUT2D eigenvalue weighted by atomic mass is 32.2. The number of hydrogen-bond donors (Lipinski definition) is 1. The van der Waals surface area contributed by atoms with Crippen LogP contribution in [-0.2, 0) is 10.0 Å². The number of rotatable bonds is 7. The standard InChI is InChI=1S/C27H30N6O2S2/c1-4-5-12-22-18-33(21-13-7-6-8-14-21)24-17-25(36-3)23(16-26(24)37(34,35)32(22)2)19-10-9-11-20(15-19)27-28-30-31-29-27/h6-11,13-17,22H,4-5,12,18H2,1-3H3,(H,28,29,30,31). The van der Waals surface area contributed by atoms with E-state index in [1.165, 1.54) is 0 Å². The summed E-state index contributed by atoms with van der Waals surface area (Å²) in [6, 6.07) is 21.6. The Morgan fingerprint density at radius 2 is 1.84 bits per heavy atom. The van der Waals surface area contributed by atoms with E-state index >= 15 is 0 Å². The molecule has 0 saturated heterocycles. The first-order valence-corrected chi connectivity index (χ1v) is 15.0. The van der Waals surface area contributed by atoms with Crippen molar-refractivity contribution in [3.05, 3.63) is 66.7 Å². The summed E-state index contributed by atoms with van der Waals surface area (Å²) in [5.74, 6) is 0.490. The first-order chi connectivity index (χ1) is 17.9. The Bertz CT molecular complexity index is 1480. The van der Waals surface area contributed by atoms with E-state index in [9.17, 15) is 8.42 Å². The molecule has 8 nitrogen and oxygen atoms in total. The molecule has 10 heteroatoms. The lowest BCUT2D eigenvalue weighted by atomic mass is 10.0. The van der Waals surface area contributed by atoms with Gasteiger partial charge in [0.25, 0.3) is 0 Å². The Labute approximate surface area is 222 Å². The van der Waals surface area contributed by atoms with E-state index in [4.69, 9.17) is 0 Å². The first-order valence-electron chi connectivity index (χ1n) is 12.3. The van der Waals surface area contributed by atoms with Gasteiger partial charge in [-0.25, -0.2) is 8.42 Å². The largest absolute Gasteiger partial charge is 0.339 e. The Morgan fingerprint density at radius 1 is 1.05 bits per heavy atom. The van der Waals surface area contributed by atoms with Crippen molar-refractivity contribution in [3.8, 4) is 22.5 Å². The minimum Gasteiger partial charge on any atom is -0.339 e. The van der Waals surface area contributed by atoms with Crippen LogP contribution >= 0.6 is 11.8 Å². The zero-order valence-electron chi connectivity index (χ0n) is 21.1. The number of hydrogen-bond acceptors (Lipinski definition) is 7. The van der Waals surface area contributed by atoms with Crippen molar-refractivity contribution in [2.75, 3.05) is 24.7 Å². The molecule has 1 unspecified atom stereocenters. The predicted octanol–water partition coefficient (Wildman–Crippen LogP) is 5.59. The number of tetrazole rings is 1. The highest BCUT2D eigenvalue weighted by Gasteiger charge is 2.37. The van der Waals surface area contributed by atoms with Gasteiger partial charge in [-0.05, 0) is 59.3 Å². The van der Waals surface area contributed by atoms with Gasteiger partial charge in [0, 0.05) is 35.8 Å². The smallest absolute Gasteiger partial charge is 0.245 e. The SMILES string of the molecule is CCCCC1CN(c2ccccc2)c2cc(SC)c(-c3cccc(-c4nn[nH]n4)c3)cc2S(=O)(=O)N1C. The molecule has 2 heterocycles. The molecule has 1 aliphatic heterocycles. The average Bonchev–Trinajstić information content (AvgIpc) is 3.46. The number of aromatic nitrogens is 4. The van der Waals surface area contributed by atoms with Gasteiger partial charge in [-0.15, -0.1) is 22.0 Å². The number of aromatic amines is 1.